The summed E-state index contributed by atoms with van der Waals surface area (Å²) in [5.41, 5.74) is -0.875. The maximum atomic E-state index is 15.1. The number of halogens is 3. The fraction of sp³-hybridized carbons (Fsp3) is 0.261. The molecule has 174 valence electrons. The molecule has 1 heterocycles. The highest BCUT2D eigenvalue weighted by molar-refractivity contribution is 6.42. The number of phenols is 1. The normalized spacial score (nSPS) is 12.6. The first-order valence-electron chi connectivity index (χ1n) is 9.85. The van der Waals surface area contributed by atoms with Crippen LogP contribution in [0.4, 0.5) is 4.39 Å². The van der Waals surface area contributed by atoms with Gasteiger partial charge in [-0.2, -0.15) is 0 Å². The van der Waals surface area contributed by atoms with Crippen LogP contribution in [0.2, 0.25) is 10.0 Å². The molecule has 33 heavy (non-hydrogen) atoms. The van der Waals surface area contributed by atoms with E-state index in [1.165, 1.54) is 56.5 Å². The fourth-order valence-electron chi connectivity index (χ4n) is 3.63. The van der Waals surface area contributed by atoms with Crippen LogP contribution in [0.3, 0.4) is 0 Å². The molecule has 0 spiro atoms. The predicted octanol–water partition coefficient (Wildman–Crippen LogP) is 4.87. The molecule has 0 fully saturated rings. The van der Waals surface area contributed by atoms with Crippen molar-refractivity contribution in [3.05, 3.63) is 63.0 Å². The molecule has 0 saturated carbocycles. The second-order valence-electron chi connectivity index (χ2n) is 8.20. The molecule has 1 atom stereocenters. The highest BCUT2D eigenvalue weighted by Gasteiger charge is 2.34. The molecule has 3 aromatic rings. The van der Waals surface area contributed by atoms with Gasteiger partial charge < -0.3 is 15.5 Å². The Kier molecular flexibility index (Phi) is 6.46. The third kappa shape index (κ3) is 4.28. The molecule has 0 aliphatic rings. The minimum absolute atomic E-state index is 0.114. The minimum atomic E-state index is -1.58. The zero-order chi connectivity index (χ0) is 24.8. The van der Waals surface area contributed by atoms with E-state index >= 15 is 4.39 Å². The van der Waals surface area contributed by atoms with Gasteiger partial charge in [0.25, 0.3) is 5.91 Å². The van der Waals surface area contributed by atoms with Crippen LogP contribution in [0.1, 0.15) is 48.3 Å². The van der Waals surface area contributed by atoms with Crippen LogP contribution in [0, 0.1) is 12.7 Å². The number of nitrogens with one attached hydrogen (secondary N) is 1. The number of fused-ring (bicyclic) bond motifs is 1. The second-order valence-corrected chi connectivity index (χ2v) is 9.02. The molecule has 0 aliphatic carbocycles. The number of carboxylic acids is 1. The molecule has 3 rings (SSSR count). The van der Waals surface area contributed by atoms with E-state index in [0.29, 0.717) is 0 Å². The molecule has 1 aromatic heterocycles. The van der Waals surface area contributed by atoms with E-state index in [2.05, 4.69) is 5.32 Å². The van der Waals surface area contributed by atoms with Crippen molar-refractivity contribution in [2.24, 2.45) is 0 Å². The van der Waals surface area contributed by atoms with Crippen LogP contribution in [-0.4, -0.2) is 38.1 Å². The third-order valence-electron chi connectivity index (χ3n) is 5.50. The number of hydrogen-bond acceptors (Lipinski definition) is 4. The molecular weight excluding hydrogens is 474 g/mol. The highest BCUT2D eigenvalue weighted by atomic mass is 35.5. The Morgan fingerprint density at radius 3 is 2.33 bits per heavy atom. The van der Waals surface area contributed by atoms with E-state index in [1.54, 1.807) is 0 Å². The van der Waals surface area contributed by atoms with Crippen LogP contribution in [0.15, 0.2) is 30.3 Å². The number of benzene rings is 2. The number of aromatic nitrogens is 1. The van der Waals surface area contributed by atoms with Crippen molar-refractivity contribution in [3.63, 3.8) is 0 Å². The lowest BCUT2D eigenvalue weighted by Gasteiger charge is -2.23. The van der Waals surface area contributed by atoms with Crippen molar-refractivity contribution in [3.8, 4) is 5.75 Å². The third-order valence-corrected chi connectivity index (χ3v) is 6.24. The summed E-state index contributed by atoms with van der Waals surface area (Å²) in [6.07, 6.45) is 0. The number of aliphatic carboxylic acids is 1. The monoisotopic (exact) mass is 494 g/mol. The van der Waals surface area contributed by atoms with Crippen molar-refractivity contribution in [2.45, 2.75) is 39.2 Å². The Morgan fingerprint density at radius 2 is 1.76 bits per heavy atom. The van der Waals surface area contributed by atoms with Gasteiger partial charge in [-0.15, -0.1) is 0 Å². The number of rotatable bonds is 5. The van der Waals surface area contributed by atoms with Gasteiger partial charge in [-0.3, -0.25) is 14.2 Å². The summed E-state index contributed by atoms with van der Waals surface area (Å²) in [5.74, 6) is -5.18. The first-order chi connectivity index (χ1) is 15.3. The highest BCUT2D eigenvalue weighted by Crippen LogP contribution is 2.37. The molecule has 0 saturated heterocycles. The predicted molar refractivity (Wildman–Crippen MR) is 123 cm³/mol. The van der Waals surface area contributed by atoms with Gasteiger partial charge in [0.15, 0.2) is 11.6 Å². The summed E-state index contributed by atoms with van der Waals surface area (Å²) in [6.45, 7) is 5.63. The van der Waals surface area contributed by atoms with E-state index in [9.17, 15) is 24.6 Å². The minimum Gasteiger partial charge on any atom is -0.505 e. The van der Waals surface area contributed by atoms with Crippen molar-refractivity contribution in [1.82, 2.24) is 9.88 Å². The molecule has 3 N–H and O–H groups in total. The number of phenolic OH excluding ortho intramolecular Hbond substituents is 1. The molecule has 1 amide bonds. The fourth-order valence-corrected chi connectivity index (χ4v) is 3.93. The lowest BCUT2D eigenvalue weighted by molar-refractivity contribution is -0.146. The number of aromatic hydroxyl groups is 1. The lowest BCUT2D eigenvalue weighted by atomic mass is 9.95. The van der Waals surface area contributed by atoms with Crippen molar-refractivity contribution < 1.29 is 29.0 Å². The van der Waals surface area contributed by atoms with Crippen molar-refractivity contribution in [1.29, 1.82) is 0 Å². The molecule has 0 radical (unpaired) electrons. The van der Waals surface area contributed by atoms with Crippen LogP contribution in [0.25, 0.3) is 10.9 Å². The van der Waals surface area contributed by atoms with Crippen LogP contribution >= 0.6 is 23.2 Å². The van der Waals surface area contributed by atoms with Gasteiger partial charge in [0, 0.05) is 16.6 Å². The lowest BCUT2D eigenvalue weighted by Crippen LogP contribution is -2.50. The van der Waals surface area contributed by atoms with E-state index in [1.807, 2.05) is 0 Å². The quantitative estimate of drug-likeness (QED) is 0.468. The number of nitrogens with zero attached hydrogens (tertiary/aromatic N) is 1. The van der Waals surface area contributed by atoms with E-state index in [-0.39, 0.29) is 37.8 Å². The smallest absolute Gasteiger partial charge is 0.328 e. The van der Waals surface area contributed by atoms with Crippen molar-refractivity contribution in [2.75, 3.05) is 0 Å². The molecule has 0 aliphatic heterocycles. The Bertz CT molecular complexity index is 1320. The zero-order valence-electron chi connectivity index (χ0n) is 18.2. The Labute approximate surface area is 198 Å². The topological polar surface area (TPSA) is 109 Å². The van der Waals surface area contributed by atoms with Crippen LogP contribution < -0.4 is 5.32 Å². The summed E-state index contributed by atoms with van der Waals surface area (Å²) < 4.78 is 16.3. The van der Waals surface area contributed by atoms with Gasteiger partial charge >= 0.3 is 5.97 Å². The Hall–Kier alpha value is -3.10. The van der Waals surface area contributed by atoms with Crippen LogP contribution in [0.5, 0.6) is 5.75 Å². The van der Waals surface area contributed by atoms with E-state index in [0.717, 1.165) is 6.07 Å². The largest absolute Gasteiger partial charge is 0.505 e. The second kappa shape index (κ2) is 8.68. The van der Waals surface area contributed by atoms with Gasteiger partial charge in [0.05, 0.1) is 21.5 Å². The zero-order valence-corrected chi connectivity index (χ0v) is 19.7. The first-order valence-corrected chi connectivity index (χ1v) is 10.6. The Morgan fingerprint density at radius 1 is 1.12 bits per heavy atom. The summed E-state index contributed by atoms with van der Waals surface area (Å²) in [4.78, 5) is 37.7. The van der Waals surface area contributed by atoms with Gasteiger partial charge in [-0.05, 0) is 63.6 Å². The number of amides is 1. The SMILES string of the molecule is Cc1c([C@@H](C)C(=O)NC(C)(C)C(=O)O)c2c(F)c(O)ccc2n1C(=O)c1ccc(Cl)c(Cl)c1. The molecule has 2 aromatic carbocycles. The summed E-state index contributed by atoms with van der Waals surface area (Å²) in [6, 6.07) is 6.77. The van der Waals surface area contributed by atoms with E-state index < -0.39 is 40.8 Å². The number of carbonyl (C=O) groups is 3. The number of hydrogen-bond donors (Lipinski definition) is 3. The molecule has 10 heteroatoms. The summed E-state index contributed by atoms with van der Waals surface area (Å²) >= 11 is 12.0. The standard InChI is InChI=1S/C23H21Cl2FN2O5/c1-10(20(30)27-23(3,4)22(32)33)17-11(2)28(15-7-8-16(29)19(26)18(15)17)21(31)12-5-6-13(24)14(25)9-12/h5-10,29H,1-4H3,(H,27,30)(H,32,33)/t10-/m1/s1. The summed E-state index contributed by atoms with van der Waals surface area (Å²) in [5, 5.41) is 22.0. The first kappa shape index (κ1) is 24.5. The summed E-state index contributed by atoms with van der Waals surface area (Å²) in [7, 11) is 0. The number of carbonyl (C=O) groups excluding carboxylic acids is 2. The average molecular weight is 495 g/mol. The van der Waals surface area contributed by atoms with Gasteiger partial charge in [-0.1, -0.05) is 23.2 Å². The molecule has 0 unspecified atom stereocenters. The maximum Gasteiger partial charge on any atom is 0.328 e. The molecule has 0 bridgehead atoms. The molecule has 7 nitrogen and oxygen atoms in total. The van der Waals surface area contributed by atoms with Gasteiger partial charge in [0.2, 0.25) is 5.91 Å². The van der Waals surface area contributed by atoms with Gasteiger partial charge in [-0.25, -0.2) is 9.18 Å². The Balaban J connectivity index is 2.22. The van der Waals surface area contributed by atoms with Gasteiger partial charge in [0.1, 0.15) is 5.54 Å². The molecular formula is C23H21Cl2FN2O5. The van der Waals surface area contributed by atoms with Crippen LogP contribution in [-0.2, 0) is 9.59 Å². The maximum absolute atomic E-state index is 15.1. The average Bonchev–Trinajstić information content (AvgIpc) is 3.03. The number of carboxylic acid groups (broad SMARTS) is 1. The van der Waals surface area contributed by atoms with Crippen molar-refractivity contribution >= 4 is 51.9 Å². The van der Waals surface area contributed by atoms with E-state index in [4.69, 9.17) is 23.2 Å².